The number of benzene rings is 10. The average Bonchev–Trinajstić information content (AvgIpc) is 3.78. The van der Waals surface area contributed by atoms with Gasteiger partial charge in [-0.25, -0.2) is 0 Å². The van der Waals surface area contributed by atoms with Gasteiger partial charge in [-0.1, -0.05) is 202 Å². The molecule has 65 heavy (non-hydrogen) atoms. The van der Waals surface area contributed by atoms with Gasteiger partial charge >= 0.3 is 0 Å². The summed E-state index contributed by atoms with van der Waals surface area (Å²) >= 11 is 0. The summed E-state index contributed by atoms with van der Waals surface area (Å²) in [5, 5.41) is 2.49. The summed E-state index contributed by atoms with van der Waals surface area (Å²) in [6.45, 7) is 4.90. The first-order chi connectivity index (χ1) is 32.0. The lowest BCUT2D eigenvalue weighted by Crippen LogP contribution is -2.21. The van der Waals surface area contributed by atoms with Gasteiger partial charge in [-0.2, -0.15) is 0 Å². The van der Waals surface area contributed by atoms with Crippen molar-refractivity contribution in [3.05, 3.63) is 242 Å². The molecule has 2 aliphatic rings. The van der Waals surface area contributed by atoms with Crippen LogP contribution < -0.4 is 4.90 Å². The number of hydrogen-bond donors (Lipinski definition) is 0. The minimum atomic E-state index is -0.362. The van der Waals surface area contributed by atoms with E-state index >= 15 is 0 Å². The van der Waals surface area contributed by atoms with Gasteiger partial charge in [-0.05, 0) is 104 Å². The van der Waals surface area contributed by atoms with Crippen LogP contribution in [-0.4, -0.2) is 4.57 Å². The Kier molecular flexibility index (Phi) is 8.29. The average molecular weight is 829 g/mol. The number of anilines is 3. The van der Waals surface area contributed by atoms with E-state index in [-0.39, 0.29) is 5.41 Å². The molecular formula is C63H44N2. The van der Waals surface area contributed by atoms with E-state index in [0.717, 1.165) is 11.4 Å². The second-order valence-corrected chi connectivity index (χ2v) is 18.0. The van der Waals surface area contributed by atoms with Gasteiger partial charge in [0.15, 0.2) is 0 Å². The standard InChI is InChI=1S/C63H44N2/c1-63(2)53-33-19-32-51-49-29-15-17-34-54(49)65-55-35-18-16-30-50(55)52-40-57(61(63)60(59(51)53)62(52)65)64(47-38-45(41-21-7-3-8-22-41)37-46(39-47)42-23-9-4-10-24-42)56-36-20-31-48(43-25-11-5-12-26-43)58(56)44-27-13-6-14-28-44/h3-40H,1-2H3. The topological polar surface area (TPSA) is 8.17 Å². The van der Waals surface area contributed by atoms with Crippen LogP contribution in [0.5, 0.6) is 0 Å². The van der Waals surface area contributed by atoms with Crippen LogP contribution >= 0.6 is 0 Å². The van der Waals surface area contributed by atoms with Crippen molar-refractivity contribution in [3.63, 3.8) is 0 Å². The molecule has 2 nitrogen and oxygen atoms in total. The molecule has 2 heterocycles. The number of hydrogen-bond acceptors (Lipinski definition) is 1. The Labute approximate surface area is 380 Å². The minimum Gasteiger partial charge on any atom is -0.309 e. The summed E-state index contributed by atoms with van der Waals surface area (Å²) in [6.07, 6.45) is 0. The van der Waals surface area contributed by atoms with Crippen molar-refractivity contribution in [1.29, 1.82) is 0 Å². The van der Waals surface area contributed by atoms with Crippen LogP contribution in [0.15, 0.2) is 231 Å². The third kappa shape index (κ3) is 5.60. The summed E-state index contributed by atoms with van der Waals surface area (Å²) in [5.74, 6) is 0. The molecule has 0 fully saturated rings. The molecule has 1 aliphatic heterocycles. The van der Waals surface area contributed by atoms with E-state index in [9.17, 15) is 0 Å². The van der Waals surface area contributed by atoms with Crippen molar-refractivity contribution < 1.29 is 0 Å². The number of aromatic nitrogens is 1. The van der Waals surface area contributed by atoms with Crippen molar-refractivity contribution in [1.82, 2.24) is 4.57 Å². The zero-order chi connectivity index (χ0) is 43.2. The second kappa shape index (κ2) is 14.4. The predicted octanol–water partition coefficient (Wildman–Crippen LogP) is 17.2. The molecule has 0 saturated heterocycles. The molecule has 0 N–H and O–H groups in total. The number of para-hydroxylation sites is 2. The monoisotopic (exact) mass is 828 g/mol. The first-order valence-corrected chi connectivity index (χ1v) is 22.7. The van der Waals surface area contributed by atoms with Crippen molar-refractivity contribution >= 4 is 38.9 Å². The summed E-state index contributed by atoms with van der Waals surface area (Å²) < 4.78 is 2.56. The Morgan fingerprint density at radius 2 is 0.923 bits per heavy atom. The van der Waals surface area contributed by atoms with E-state index in [4.69, 9.17) is 0 Å². The molecule has 1 aromatic heterocycles. The second-order valence-electron chi connectivity index (χ2n) is 18.0. The lowest BCUT2D eigenvalue weighted by atomic mass is 9.80. The molecule has 0 saturated carbocycles. The highest BCUT2D eigenvalue weighted by atomic mass is 15.2. The third-order valence-corrected chi connectivity index (χ3v) is 14.0. The van der Waals surface area contributed by atoms with Gasteiger partial charge in [0, 0.05) is 38.6 Å². The van der Waals surface area contributed by atoms with E-state index in [1.807, 2.05) is 0 Å². The highest BCUT2D eigenvalue weighted by Crippen LogP contribution is 2.62. The Morgan fingerprint density at radius 3 is 1.62 bits per heavy atom. The fourth-order valence-electron chi connectivity index (χ4n) is 11.2. The van der Waals surface area contributed by atoms with E-state index in [2.05, 4.69) is 254 Å². The highest BCUT2D eigenvalue weighted by Gasteiger charge is 2.44. The molecule has 0 spiro atoms. The van der Waals surface area contributed by atoms with Crippen LogP contribution in [-0.2, 0) is 5.41 Å². The highest BCUT2D eigenvalue weighted by molar-refractivity contribution is 6.21. The molecule has 2 heteroatoms. The Morgan fingerprint density at radius 1 is 0.369 bits per heavy atom. The lowest BCUT2D eigenvalue weighted by molar-refractivity contribution is 0.661. The maximum atomic E-state index is 2.62. The fourth-order valence-corrected chi connectivity index (χ4v) is 11.2. The smallest absolute Gasteiger partial charge is 0.0624 e. The van der Waals surface area contributed by atoms with Crippen molar-refractivity contribution in [2.75, 3.05) is 4.90 Å². The molecule has 0 bridgehead atoms. The zero-order valence-corrected chi connectivity index (χ0v) is 36.3. The van der Waals surface area contributed by atoms with Crippen molar-refractivity contribution in [2.45, 2.75) is 19.3 Å². The maximum absolute atomic E-state index is 2.62. The maximum Gasteiger partial charge on any atom is 0.0624 e. The molecule has 11 aromatic rings. The Bertz CT molecular complexity index is 3600. The molecule has 0 radical (unpaired) electrons. The molecule has 0 amide bonds. The number of rotatable bonds is 7. The van der Waals surface area contributed by atoms with Gasteiger partial charge in [-0.3, -0.25) is 0 Å². The lowest BCUT2D eigenvalue weighted by Gasteiger charge is -2.35. The molecule has 0 atom stereocenters. The zero-order valence-electron chi connectivity index (χ0n) is 36.3. The molecule has 10 aromatic carbocycles. The van der Waals surface area contributed by atoms with Gasteiger partial charge in [-0.15, -0.1) is 0 Å². The number of nitrogens with zero attached hydrogens (tertiary/aromatic N) is 2. The minimum absolute atomic E-state index is 0.362. The normalized spacial score (nSPS) is 12.9. The van der Waals surface area contributed by atoms with E-state index in [1.54, 1.807) is 0 Å². The first-order valence-electron chi connectivity index (χ1n) is 22.7. The quantitative estimate of drug-likeness (QED) is 0.155. The Hall–Kier alpha value is -8.20. The van der Waals surface area contributed by atoms with E-state index < -0.39 is 0 Å². The van der Waals surface area contributed by atoms with Gasteiger partial charge in [0.05, 0.1) is 28.1 Å². The van der Waals surface area contributed by atoms with Crippen LogP contribution in [0, 0.1) is 0 Å². The van der Waals surface area contributed by atoms with E-state index in [0.29, 0.717) is 0 Å². The van der Waals surface area contributed by atoms with E-state index in [1.165, 1.54) is 111 Å². The van der Waals surface area contributed by atoms with Gasteiger partial charge in [0.25, 0.3) is 0 Å². The van der Waals surface area contributed by atoms with Crippen LogP contribution in [0.2, 0.25) is 0 Å². The first kappa shape index (κ1) is 37.4. The van der Waals surface area contributed by atoms with Crippen LogP contribution in [0.3, 0.4) is 0 Å². The molecule has 0 unspecified atom stereocenters. The third-order valence-electron chi connectivity index (χ3n) is 14.0. The summed E-state index contributed by atoms with van der Waals surface area (Å²) in [4.78, 5) is 2.62. The predicted molar refractivity (Wildman–Crippen MR) is 274 cm³/mol. The molecule has 13 rings (SSSR count). The molecule has 1 aliphatic carbocycles. The fraction of sp³-hybridized carbons (Fsp3) is 0.0476. The van der Waals surface area contributed by atoms with Crippen LogP contribution in [0.1, 0.15) is 25.0 Å². The van der Waals surface area contributed by atoms with Gasteiger partial charge in [0.1, 0.15) is 0 Å². The van der Waals surface area contributed by atoms with Crippen LogP contribution in [0.25, 0.3) is 94.3 Å². The van der Waals surface area contributed by atoms with Crippen molar-refractivity contribution in [2.24, 2.45) is 0 Å². The van der Waals surface area contributed by atoms with Gasteiger partial charge < -0.3 is 9.47 Å². The van der Waals surface area contributed by atoms with Crippen molar-refractivity contribution in [3.8, 4) is 72.4 Å². The van der Waals surface area contributed by atoms with Gasteiger partial charge in [0.2, 0.25) is 0 Å². The molecular weight excluding hydrogens is 785 g/mol. The summed E-state index contributed by atoms with van der Waals surface area (Å²) in [7, 11) is 0. The SMILES string of the molecule is CC1(C)c2cccc3c2-c2c1c(N(c1cc(-c4ccccc4)cc(-c4ccccc4)c1)c1cccc(-c4ccccc4)c1-c1ccccc1)cc1c4ccccc4n(c21)-c1ccccc1-3. The molecule has 306 valence electrons. The summed E-state index contributed by atoms with van der Waals surface area (Å²) in [5.41, 5.74) is 24.1. The van der Waals surface area contributed by atoms with Crippen LogP contribution in [0.4, 0.5) is 17.1 Å². The summed E-state index contributed by atoms with van der Waals surface area (Å²) in [6, 6.07) is 85.3. The number of fused-ring (bicyclic) bond motifs is 6. The Balaban J connectivity index is 1.23. The largest absolute Gasteiger partial charge is 0.309 e.